The number of nitriles is 1. The van der Waals surface area contributed by atoms with Gasteiger partial charge in [-0.25, -0.2) is 8.42 Å². The van der Waals surface area contributed by atoms with Gasteiger partial charge in [-0.05, 0) is 30.5 Å². The van der Waals surface area contributed by atoms with Gasteiger partial charge in [-0.3, -0.25) is 0 Å². The molecule has 30 heavy (non-hydrogen) atoms. The standard InChI is InChI=1S/C18H21F6N3O2S/c1-10(16(2,3)4)26-15(14(9-25)30(5,28)29)27-13-7-11(17(19,20)21)6-12(8-13)18(22,23)24/h6-8,10,26-27H,1-5H3/b15-14-. The van der Waals surface area contributed by atoms with Crippen LogP contribution in [0.3, 0.4) is 0 Å². The molecule has 1 atom stereocenters. The number of allylic oxidation sites excluding steroid dienone is 1. The molecule has 2 N–H and O–H groups in total. The van der Waals surface area contributed by atoms with Crippen molar-refractivity contribution in [1.82, 2.24) is 5.32 Å². The van der Waals surface area contributed by atoms with Gasteiger partial charge in [-0.15, -0.1) is 0 Å². The maximum Gasteiger partial charge on any atom is 0.416 e. The van der Waals surface area contributed by atoms with Gasteiger partial charge in [0.2, 0.25) is 0 Å². The average molecular weight is 457 g/mol. The summed E-state index contributed by atoms with van der Waals surface area (Å²) in [6, 6.07) is 1.66. The molecular weight excluding hydrogens is 436 g/mol. The fourth-order valence-electron chi connectivity index (χ4n) is 2.09. The first kappa shape index (κ1) is 25.6. The van der Waals surface area contributed by atoms with Gasteiger partial charge in [0.25, 0.3) is 0 Å². The van der Waals surface area contributed by atoms with E-state index in [0.717, 1.165) is 0 Å². The van der Waals surface area contributed by atoms with Crippen molar-refractivity contribution in [3.05, 3.63) is 40.1 Å². The van der Waals surface area contributed by atoms with E-state index in [1.165, 1.54) is 6.07 Å². The SMILES string of the molecule is CC(N/C(Nc1cc(C(F)(F)F)cc(C(F)(F)F)c1)=C(\C#N)S(C)(=O)=O)C(C)(C)C. The Kier molecular flexibility index (Phi) is 7.15. The van der Waals surface area contributed by atoms with Crippen LogP contribution in [-0.2, 0) is 22.2 Å². The number of hydrogen-bond acceptors (Lipinski definition) is 5. The Bertz CT molecular complexity index is 935. The summed E-state index contributed by atoms with van der Waals surface area (Å²) in [6.07, 6.45) is -9.46. The minimum atomic E-state index is -5.08. The highest BCUT2D eigenvalue weighted by Gasteiger charge is 2.37. The molecule has 0 saturated carbocycles. The van der Waals surface area contributed by atoms with Crippen molar-refractivity contribution in [1.29, 1.82) is 5.26 Å². The number of sulfone groups is 1. The molecule has 1 rings (SSSR count). The van der Waals surface area contributed by atoms with E-state index in [1.54, 1.807) is 27.7 Å². The molecule has 0 saturated heterocycles. The summed E-state index contributed by atoms with van der Waals surface area (Å²) in [6.45, 7) is 6.91. The molecular formula is C18H21F6N3O2S. The minimum Gasteiger partial charge on any atom is -0.367 e. The van der Waals surface area contributed by atoms with Crippen molar-refractivity contribution in [3.8, 4) is 6.07 Å². The predicted octanol–water partition coefficient (Wildman–Crippen LogP) is 4.90. The van der Waals surface area contributed by atoms with Gasteiger partial charge in [0.15, 0.2) is 14.7 Å². The van der Waals surface area contributed by atoms with Crippen molar-refractivity contribution < 1.29 is 34.8 Å². The van der Waals surface area contributed by atoms with E-state index in [4.69, 9.17) is 0 Å². The molecule has 0 amide bonds. The van der Waals surface area contributed by atoms with Crippen molar-refractivity contribution in [2.75, 3.05) is 11.6 Å². The van der Waals surface area contributed by atoms with Crippen molar-refractivity contribution in [3.63, 3.8) is 0 Å². The number of nitrogens with zero attached hydrogens (tertiary/aromatic N) is 1. The van der Waals surface area contributed by atoms with Gasteiger partial charge < -0.3 is 10.6 Å². The second-order valence-corrected chi connectivity index (χ2v) is 9.69. The largest absolute Gasteiger partial charge is 0.416 e. The van der Waals surface area contributed by atoms with Crippen LogP contribution in [0, 0.1) is 16.7 Å². The van der Waals surface area contributed by atoms with Crippen LogP contribution in [0.5, 0.6) is 0 Å². The Morgan fingerprint density at radius 2 is 1.43 bits per heavy atom. The Morgan fingerprint density at radius 1 is 1.00 bits per heavy atom. The lowest BCUT2D eigenvalue weighted by atomic mass is 9.88. The summed E-state index contributed by atoms with van der Waals surface area (Å²) in [5.74, 6) is -0.519. The number of alkyl halides is 6. The molecule has 1 unspecified atom stereocenters. The summed E-state index contributed by atoms with van der Waals surface area (Å²) in [4.78, 5) is -0.857. The lowest BCUT2D eigenvalue weighted by Gasteiger charge is -2.30. The molecule has 12 heteroatoms. The van der Waals surface area contributed by atoms with E-state index in [2.05, 4.69) is 10.6 Å². The average Bonchev–Trinajstić information content (AvgIpc) is 2.51. The molecule has 0 aliphatic carbocycles. The molecule has 168 valence electrons. The second kappa shape index (κ2) is 8.37. The zero-order valence-electron chi connectivity index (χ0n) is 16.7. The third kappa shape index (κ3) is 6.83. The highest BCUT2D eigenvalue weighted by molar-refractivity contribution is 7.94. The molecule has 0 bridgehead atoms. The summed E-state index contributed by atoms with van der Waals surface area (Å²) in [5, 5.41) is 14.2. The fraction of sp³-hybridized carbons (Fsp3) is 0.500. The Morgan fingerprint density at radius 3 is 1.73 bits per heavy atom. The molecule has 5 nitrogen and oxygen atoms in total. The van der Waals surface area contributed by atoms with Crippen molar-refractivity contribution in [2.45, 2.75) is 46.1 Å². The number of halogens is 6. The minimum absolute atomic E-state index is 0.0540. The molecule has 0 radical (unpaired) electrons. The van der Waals surface area contributed by atoms with Crippen LogP contribution in [-0.4, -0.2) is 20.7 Å². The number of benzene rings is 1. The van der Waals surface area contributed by atoms with Crippen LogP contribution in [0.15, 0.2) is 28.9 Å². The molecule has 0 aromatic heterocycles. The summed E-state index contributed by atoms with van der Waals surface area (Å²) in [7, 11) is -4.15. The molecule has 0 aliphatic heterocycles. The van der Waals surface area contributed by atoms with Gasteiger partial charge in [-0.2, -0.15) is 31.6 Å². The molecule has 0 fully saturated rings. The Balaban J connectivity index is 3.68. The maximum absolute atomic E-state index is 13.1. The number of anilines is 1. The van der Waals surface area contributed by atoms with E-state index in [0.29, 0.717) is 18.4 Å². The first-order chi connectivity index (χ1) is 13.3. The highest BCUT2D eigenvalue weighted by atomic mass is 32.2. The second-order valence-electron chi connectivity index (χ2n) is 7.74. The third-order valence-corrected chi connectivity index (χ3v) is 5.25. The smallest absolute Gasteiger partial charge is 0.367 e. The number of hydrogen-bond donors (Lipinski definition) is 2. The van der Waals surface area contributed by atoms with Gasteiger partial charge in [0.05, 0.1) is 11.1 Å². The third-order valence-electron chi connectivity index (χ3n) is 4.22. The van der Waals surface area contributed by atoms with E-state index >= 15 is 0 Å². The topological polar surface area (TPSA) is 82.0 Å². The van der Waals surface area contributed by atoms with E-state index in [-0.39, 0.29) is 6.07 Å². The Hall–Kier alpha value is -2.42. The first-order valence-electron chi connectivity index (χ1n) is 8.44. The molecule has 1 aromatic rings. The van der Waals surface area contributed by atoms with E-state index in [9.17, 15) is 40.0 Å². The normalized spacial score (nSPS) is 15.1. The predicted molar refractivity (Wildman–Crippen MR) is 99.6 cm³/mol. The maximum atomic E-state index is 13.1. The zero-order valence-corrected chi connectivity index (χ0v) is 17.6. The van der Waals surface area contributed by atoms with Crippen LogP contribution in [0.4, 0.5) is 32.0 Å². The summed E-state index contributed by atoms with van der Waals surface area (Å²) in [5.41, 5.74) is -4.34. The molecule has 0 spiro atoms. The van der Waals surface area contributed by atoms with Gasteiger partial charge in [-0.1, -0.05) is 20.8 Å². The fourth-order valence-corrected chi connectivity index (χ4v) is 2.73. The lowest BCUT2D eigenvalue weighted by molar-refractivity contribution is -0.143. The Labute approximate surface area is 170 Å². The van der Waals surface area contributed by atoms with Gasteiger partial charge >= 0.3 is 12.4 Å². The van der Waals surface area contributed by atoms with Gasteiger partial charge in [0.1, 0.15) is 11.9 Å². The molecule has 0 aliphatic rings. The summed E-state index contributed by atoms with van der Waals surface area (Å²) >= 11 is 0. The van der Waals surface area contributed by atoms with Crippen LogP contribution < -0.4 is 10.6 Å². The zero-order chi connectivity index (χ0) is 23.7. The van der Waals surface area contributed by atoms with Crippen LogP contribution in [0.2, 0.25) is 0 Å². The highest BCUT2D eigenvalue weighted by Crippen LogP contribution is 2.38. The van der Waals surface area contributed by atoms with Gasteiger partial charge in [0, 0.05) is 18.0 Å². The van der Waals surface area contributed by atoms with E-state index < -0.39 is 61.2 Å². The lowest BCUT2D eigenvalue weighted by Crippen LogP contribution is -2.40. The van der Waals surface area contributed by atoms with Crippen molar-refractivity contribution in [2.24, 2.45) is 5.41 Å². The monoisotopic (exact) mass is 457 g/mol. The molecule has 1 aromatic carbocycles. The van der Waals surface area contributed by atoms with Crippen molar-refractivity contribution >= 4 is 15.5 Å². The number of rotatable bonds is 5. The van der Waals surface area contributed by atoms with E-state index in [1.807, 2.05) is 0 Å². The summed E-state index contributed by atoms with van der Waals surface area (Å²) < 4.78 is 102. The van der Waals surface area contributed by atoms with Crippen LogP contribution in [0.25, 0.3) is 0 Å². The number of nitrogens with one attached hydrogen (secondary N) is 2. The molecule has 0 heterocycles. The first-order valence-corrected chi connectivity index (χ1v) is 10.3. The van der Waals surface area contributed by atoms with Crippen LogP contribution >= 0.6 is 0 Å². The quantitative estimate of drug-likeness (QED) is 0.486. The van der Waals surface area contributed by atoms with Crippen LogP contribution in [0.1, 0.15) is 38.8 Å².